The lowest BCUT2D eigenvalue weighted by atomic mass is 9.85. The highest BCUT2D eigenvalue weighted by Crippen LogP contribution is 2.33. The number of rotatable bonds is 1. The highest BCUT2D eigenvalue weighted by atomic mass is 35.5. The van der Waals surface area contributed by atoms with E-state index < -0.39 is 5.60 Å². The van der Waals surface area contributed by atoms with Gasteiger partial charge in [-0.25, -0.2) is 9.18 Å². The lowest BCUT2D eigenvalue weighted by molar-refractivity contribution is -0.0357. The summed E-state index contributed by atoms with van der Waals surface area (Å²) in [6.45, 7) is 7.88. The minimum atomic E-state index is -0.497. The van der Waals surface area contributed by atoms with Crippen molar-refractivity contribution >= 4 is 17.7 Å². The van der Waals surface area contributed by atoms with Gasteiger partial charge in [-0.15, -0.1) is 0 Å². The second kappa shape index (κ2) is 7.33. The Bertz CT molecular complexity index is 669. The number of piperidine rings is 1. The molecule has 0 aliphatic carbocycles. The van der Waals surface area contributed by atoms with E-state index in [0.717, 1.165) is 18.4 Å². The lowest BCUT2D eigenvalue weighted by Crippen LogP contribution is -2.61. The summed E-state index contributed by atoms with van der Waals surface area (Å²) in [4.78, 5) is 14.0. The Morgan fingerprint density at radius 1 is 1.38 bits per heavy atom. The largest absolute Gasteiger partial charge is 0.444 e. The number of halogens is 2. The van der Waals surface area contributed by atoms with Crippen LogP contribution in [-0.2, 0) is 9.47 Å². The van der Waals surface area contributed by atoms with Crippen LogP contribution in [0.5, 0.6) is 0 Å². The van der Waals surface area contributed by atoms with E-state index in [1.54, 1.807) is 11.0 Å². The number of hydrogen-bond donors (Lipinski definition) is 1. The van der Waals surface area contributed by atoms with E-state index in [9.17, 15) is 9.18 Å². The fraction of sp³-hybridized carbons (Fsp3) is 0.632. The fourth-order valence-corrected chi connectivity index (χ4v) is 3.81. The van der Waals surface area contributed by atoms with E-state index >= 15 is 0 Å². The van der Waals surface area contributed by atoms with Gasteiger partial charge in [0.2, 0.25) is 0 Å². The zero-order chi connectivity index (χ0) is 18.9. The van der Waals surface area contributed by atoms with Gasteiger partial charge in [-0.3, -0.25) is 0 Å². The number of carbonyl (C=O) groups excluding carboxylic acids is 1. The Kier molecular flexibility index (Phi) is 5.47. The molecule has 2 fully saturated rings. The van der Waals surface area contributed by atoms with Gasteiger partial charge in [-0.1, -0.05) is 17.7 Å². The minimum Gasteiger partial charge on any atom is -0.444 e. The molecule has 1 aromatic rings. The number of nitrogens with zero attached hydrogens (tertiary/aromatic N) is 1. The zero-order valence-corrected chi connectivity index (χ0v) is 16.2. The molecule has 0 aromatic heterocycles. The van der Waals surface area contributed by atoms with Crippen LogP contribution >= 0.6 is 11.6 Å². The summed E-state index contributed by atoms with van der Waals surface area (Å²) < 4.78 is 24.6. The van der Waals surface area contributed by atoms with Gasteiger partial charge >= 0.3 is 6.09 Å². The van der Waals surface area contributed by atoms with Crippen molar-refractivity contribution in [1.29, 1.82) is 0 Å². The second-order valence-corrected chi connectivity index (χ2v) is 8.53. The molecule has 0 radical (unpaired) electrons. The topological polar surface area (TPSA) is 50.8 Å². The number of hydrogen-bond acceptors (Lipinski definition) is 4. The molecule has 3 rings (SSSR count). The van der Waals surface area contributed by atoms with Gasteiger partial charge in [-0.2, -0.15) is 0 Å². The van der Waals surface area contributed by atoms with E-state index in [-0.39, 0.29) is 23.5 Å². The Morgan fingerprint density at radius 2 is 2.08 bits per heavy atom. The first-order chi connectivity index (χ1) is 12.2. The molecule has 2 aliphatic heterocycles. The monoisotopic (exact) mass is 384 g/mol. The molecule has 0 unspecified atom stereocenters. The summed E-state index contributed by atoms with van der Waals surface area (Å²) in [5.41, 5.74) is 0.129. The molecule has 7 heteroatoms. The third-order valence-electron chi connectivity index (χ3n) is 4.85. The molecular formula is C19H26ClFN2O3. The van der Waals surface area contributed by atoms with Crippen molar-refractivity contribution in [3.63, 3.8) is 0 Å². The Labute approximate surface area is 158 Å². The van der Waals surface area contributed by atoms with Crippen LogP contribution < -0.4 is 5.32 Å². The molecule has 1 amide bonds. The number of benzene rings is 1. The molecule has 2 heterocycles. The van der Waals surface area contributed by atoms with Crippen molar-refractivity contribution in [3.05, 3.63) is 34.6 Å². The number of nitrogens with one attached hydrogen (secondary N) is 1. The van der Waals surface area contributed by atoms with Crippen LogP contribution in [0, 0.1) is 5.82 Å². The average molecular weight is 385 g/mol. The van der Waals surface area contributed by atoms with Gasteiger partial charge in [-0.05, 0) is 51.3 Å². The molecule has 1 N–H and O–H groups in total. The molecule has 144 valence electrons. The van der Waals surface area contributed by atoms with Crippen molar-refractivity contribution in [3.8, 4) is 0 Å². The van der Waals surface area contributed by atoms with Gasteiger partial charge in [0.25, 0.3) is 0 Å². The summed E-state index contributed by atoms with van der Waals surface area (Å²) in [5.74, 6) is -0.351. The summed E-state index contributed by atoms with van der Waals surface area (Å²) >= 11 is 6.21. The average Bonchev–Trinajstić information content (AvgIpc) is 2.54. The number of amides is 1. The SMILES string of the molecule is CC(C)(C)OC(=O)N1CCC2(CC1)COC[C@@H](c1ccc(F)cc1Cl)N2. The highest BCUT2D eigenvalue weighted by Gasteiger charge is 2.41. The maximum atomic E-state index is 13.3. The van der Waals surface area contributed by atoms with Gasteiger partial charge in [0, 0.05) is 23.7 Å². The third-order valence-corrected chi connectivity index (χ3v) is 5.18. The number of morpholine rings is 1. The quantitative estimate of drug-likeness (QED) is 0.797. The first-order valence-corrected chi connectivity index (χ1v) is 9.34. The number of likely N-dealkylation sites (tertiary alicyclic amines) is 1. The minimum absolute atomic E-state index is 0.0927. The van der Waals surface area contributed by atoms with Crippen LogP contribution in [0.2, 0.25) is 5.02 Å². The lowest BCUT2D eigenvalue weighted by Gasteiger charge is -2.47. The predicted octanol–water partition coefficient (Wildman–Crippen LogP) is 3.91. The number of ether oxygens (including phenoxy) is 2. The molecule has 0 bridgehead atoms. The third kappa shape index (κ3) is 4.48. The van der Waals surface area contributed by atoms with Crippen molar-refractivity contribution in [2.45, 2.75) is 50.8 Å². The molecule has 26 heavy (non-hydrogen) atoms. The van der Waals surface area contributed by atoms with E-state index in [4.69, 9.17) is 21.1 Å². The van der Waals surface area contributed by atoms with Gasteiger partial charge in [0.15, 0.2) is 0 Å². The van der Waals surface area contributed by atoms with Gasteiger partial charge in [0.1, 0.15) is 11.4 Å². The molecule has 2 saturated heterocycles. The van der Waals surface area contributed by atoms with Crippen molar-refractivity contribution in [1.82, 2.24) is 10.2 Å². The Balaban J connectivity index is 1.64. The first-order valence-electron chi connectivity index (χ1n) is 8.96. The maximum absolute atomic E-state index is 13.3. The zero-order valence-electron chi connectivity index (χ0n) is 15.5. The van der Waals surface area contributed by atoms with Crippen LogP contribution in [0.25, 0.3) is 0 Å². The van der Waals surface area contributed by atoms with E-state index in [1.165, 1.54) is 12.1 Å². The van der Waals surface area contributed by atoms with Crippen LogP contribution in [0.15, 0.2) is 18.2 Å². The molecule has 1 atom stereocenters. The van der Waals surface area contributed by atoms with Gasteiger partial charge < -0.3 is 19.7 Å². The van der Waals surface area contributed by atoms with Crippen molar-refractivity contribution in [2.24, 2.45) is 0 Å². The number of carbonyl (C=O) groups is 1. The van der Waals surface area contributed by atoms with E-state index in [1.807, 2.05) is 20.8 Å². The smallest absolute Gasteiger partial charge is 0.410 e. The van der Waals surface area contributed by atoms with Crippen molar-refractivity contribution < 1.29 is 18.7 Å². The molecular weight excluding hydrogens is 359 g/mol. The first kappa shape index (κ1) is 19.4. The Morgan fingerprint density at radius 3 is 2.69 bits per heavy atom. The predicted molar refractivity (Wildman–Crippen MR) is 97.9 cm³/mol. The molecule has 5 nitrogen and oxygen atoms in total. The summed E-state index contributed by atoms with van der Waals surface area (Å²) in [7, 11) is 0. The van der Waals surface area contributed by atoms with Crippen molar-refractivity contribution in [2.75, 3.05) is 26.3 Å². The van der Waals surface area contributed by atoms with E-state index in [0.29, 0.717) is 31.3 Å². The maximum Gasteiger partial charge on any atom is 0.410 e. The summed E-state index contributed by atoms with van der Waals surface area (Å²) in [5, 5.41) is 4.04. The van der Waals surface area contributed by atoms with Crippen LogP contribution in [-0.4, -0.2) is 48.4 Å². The standard InChI is InChI=1S/C19H26ClFN2O3/c1-18(2,3)26-17(24)23-8-6-19(7-9-23)12-25-11-16(22-19)14-5-4-13(21)10-15(14)20/h4-5,10,16,22H,6-9,11-12H2,1-3H3/t16-/m0/s1. The molecule has 1 aromatic carbocycles. The highest BCUT2D eigenvalue weighted by molar-refractivity contribution is 6.31. The molecule has 1 spiro atoms. The normalized spacial score (nSPS) is 23.1. The van der Waals surface area contributed by atoms with Crippen LogP contribution in [0.3, 0.4) is 0 Å². The summed E-state index contributed by atoms with van der Waals surface area (Å²) in [6, 6.07) is 4.35. The summed E-state index contributed by atoms with van der Waals surface area (Å²) in [6.07, 6.45) is 1.26. The fourth-order valence-electron chi connectivity index (χ4n) is 3.51. The second-order valence-electron chi connectivity index (χ2n) is 8.13. The van der Waals surface area contributed by atoms with Gasteiger partial charge in [0.05, 0.1) is 19.3 Å². The molecule has 2 aliphatic rings. The van der Waals surface area contributed by atoms with Crippen LogP contribution in [0.4, 0.5) is 9.18 Å². The van der Waals surface area contributed by atoms with Crippen LogP contribution in [0.1, 0.15) is 45.2 Å². The van der Waals surface area contributed by atoms with E-state index in [2.05, 4.69) is 5.32 Å². The Hall–Kier alpha value is -1.37. The molecule has 0 saturated carbocycles.